The minimum absolute atomic E-state index is 0.235. The molecular weight excluding hydrogens is 224 g/mol. The summed E-state index contributed by atoms with van der Waals surface area (Å²) in [6.07, 6.45) is 0.999. The van der Waals surface area contributed by atoms with E-state index in [0.717, 1.165) is 5.56 Å². The van der Waals surface area contributed by atoms with Gasteiger partial charge in [-0.3, -0.25) is 4.79 Å². The van der Waals surface area contributed by atoms with Gasteiger partial charge in [0, 0.05) is 19.4 Å². The van der Waals surface area contributed by atoms with Gasteiger partial charge in [0.15, 0.2) is 0 Å². The number of hydrogen-bond donors (Lipinski definition) is 0. The number of carbonyl (C=O) groups excluding carboxylic acids is 1. The van der Waals surface area contributed by atoms with Crippen LogP contribution < -0.4 is 0 Å². The zero-order chi connectivity index (χ0) is 12.8. The summed E-state index contributed by atoms with van der Waals surface area (Å²) in [5, 5.41) is 2.40. The van der Waals surface area contributed by atoms with Crippen LogP contribution in [0, 0.1) is 0 Å². The molecule has 2 heteroatoms. The fourth-order valence-corrected chi connectivity index (χ4v) is 2.00. The number of hydrogen-bond acceptors (Lipinski definition) is 2. The van der Waals surface area contributed by atoms with Crippen LogP contribution >= 0.6 is 0 Å². The van der Waals surface area contributed by atoms with Gasteiger partial charge in [-0.05, 0) is 23.3 Å². The molecule has 0 bridgehead atoms. The van der Waals surface area contributed by atoms with Crippen molar-refractivity contribution in [1.82, 2.24) is 0 Å². The van der Waals surface area contributed by atoms with Gasteiger partial charge in [-0.25, -0.2) is 0 Å². The molecule has 0 fully saturated rings. The first-order valence-corrected chi connectivity index (χ1v) is 6.36. The van der Waals surface area contributed by atoms with Gasteiger partial charge in [-0.2, -0.15) is 0 Å². The molecule has 2 rings (SSSR count). The molecule has 0 aliphatic rings. The average molecular weight is 242 g/mol. The van der Waals surface area contributed by atoms with Crippen LogP contribution in [0.5, 0.6) is 0 Å². The summed E-state index contributed by atoms with van der Waals surface area (Å²) >= 11 is 0. The summed E-state index contributed by atoms with van der Waals surface area (Å²) in [4.78, 5) is 11.7. The number of ketones is 1. The molecule has 0 heterocycles. The standard InChI is InChI=1S/C16H18O2/c1-2-18-10-9-16(17)12-13-7-8-14-5-3-4-6-15(14)11-13/h3-8,11H,2,9-10,12H2,1H3. The molecule has 0 aliphatic carbocycles. The highest BCUT2D eigenvalue weighted by Crippen LogP contribution is 2.16. The van der Waals surface area contributed by atoms with Crippen LogP contribution in [-0.4, -0.2) is 19.0 Å². The third-order valence-corrected chi connectivity index (χ3v) is 2.94. The van der Waals surface area contributed by atoms with Crippen molar-refractivity contribution >= 4 is 16.6 Å². The van der Waals surface area contributed by atoms with E-state index in [2.05, 4.69) is 24.3 Å². The Morgan fingerprint density at radius 1 is 1.11 bits per heavy atom. The molecule has 2 nitrogen and oxygen atoms in total. The molecule has 0 saturated carbocycles. The predicted molar refractivity (Wildman–Crippen MR) is 73.8 cm³/mol. The van der Waals surface area contributed by atoms with Crippen molar-refractivity contribution in [2.24, 2.45) is 0 Å². The molecule has 0 radical (unpaired) electrons. The van der Waals surface area contributed by atoms with E-state index in [1.165, 1.54) is 10.8 Å². The van der Waals surface area contributed by atoms with Crippen LogP contribution in [0.3, 0.4) is 0 Å². The van der Waals surface area contributed by atoms with Gasteiger partial charge < -0.3 is 4.74 Å². The molecule has 0 aliphatic heterocycles. The van der Waals surface area contributed by atoms with Crippen molar-refractivity contribution in [3.63, 3.8) is 0 Å². The Bertz CT molecular complexity index is 531. The molecule has 0 amide bonds. The quantitative estimate of drug-likeness (QED) is 0.726. The molecular formula is C16H18O2. The van der Waals surface area contributed by atoms with E-state index in [-0.39, 0.29) is 5.78 Å². The summed E-state index contributed by atoms with van der Waals surface area (Å²) in [6, 6.07) is 14.4. The van der Waals surface area contributed by atoms with Gasteiger partial charge in [-0.1, -0.05) is 42.5 Å². The molecule has 0 atom stereocenters. The number of Topliss-reactive ketones (excluding diaryl/α,β-unsaturated/α-hetero) is 1. The SMILES string of the molecule is CCOCCC(=O)Cc1ccc2ccccc2c1. The second-order valence-electron chi connectivity index (χ2n) is 4.34. The molecule has 0 unspecified atom stereocenters. The minimum Gasteiger partial charge on any atom is -0.381 e. The smallest absolute Gasteiger partial charge is 0.139 e. The Labute approximate surface area is 108 Å². The Balaban J connectivity index is 2.01. The van der Waals surface area contributed by atoms with Crippen molar-refractivity contribution in [1.29, 1.82) is 0 Å². The Morgan fingerprint density at radius 3 is 2.67 bits per heavy atom. The minimum atomic E-state index is 0.235. The lowest BCUT2D eigenvalue weighted by Crippen LogP contribution is -2.07. The third kappa shape index (κ3) is 3.41. The van der Waals surface area contributed by atoms with Crippen molar-refractivity contribution in [2.45, 2.75) is 19.8 Å². The first kappa shape index (κ1) is 12.8. The maximum Gasteiger partial charge on any atom is 0.139 e. The molecule has 0 N–H and O–H groups in total. The number of ether oxygens (including phenoxy) is 1. The van der Waals surface area contributed by atoms with E-state index in [1.807, 2.05) is 25.1 Å². The zero-order valence-corrected chi connectivity index (χ0v) is 10.7. The van der Waals surface area contributed by atoms with Crippen molar-refractivity contribution < 1.29 is 9.53 Å². The number of rotatable bonds is 6. The molecule has 0 aromatic heterocycles. The summed E-state index contributed by atoms with van der Waals surface area (Å²) < 4.78 is 5.19. The first-order chi connectivity index (χ1) is 8.79. The average Bonchev–Trinajstić information content (AvgIpc) is 2.39. The maximum absolute atomic E-state index is 11.7. The van der Waals surface area contributed by atoms with E-state index in [9.17, 15) is 4.79 Å². The van der Waals surface area contributed by atoms with Crippen LogP contribution in [-0.2, 0) is 16.0 Å². The monoisotopic (exact) mass is 242 g/mol. The normalized spacial score (nSPS) is 10.7. The molecule has 0 spiro atoms. The summed E-state index contributed by atoms with van der Waals surface area (Å²) in [7, 11) is 0. The number of benzene rings is 2. The Hall–Kier alpha value is -1.67. The second kappa shape index (κ2) is 6.31. The molecule has 18 heavy (non-hydrogen) atoms. The van der Waals surface area contributed by atoms with E-state index >= 15 is 0 Å². The second-order valence-corrected chi connectivity index (χ2v) is 4.34. The summed E-state index contributed by atoms with van der Waals surface area (Å²) in [6.45, 7) is 3.14. The van der Waals surface area contributed by atoms with E-state index in [4.69, 9.17) is 4.74 Å². The fraction of sp³-hybridized carbons (Fsp3) is 0.312. The van der Waals surface area contributed by atoms with Crippen LogP contribution in [0.4, 0.5) is 0 Å². The maximum atomic E-state index is 11.7. The molecule has 2 aromatic carbocycles. The molecule has 94 valence electrons. The van der Waals surface area contributed by atoms with Crippen LogP contribution in [0.15, 0.2) is 42.5 Å². The van der Waals surface area contributed by atoms with Crippen LogP contribution in [0.25, 0.3) is 10.8 Å². The van der Waals surface area contributed by atoms with Crippen molar-refractivity contribution in [3.05, 3.63) is 48.0 Å². The molecule has 0 saturated heterocycles. The van der Waals surface area contributed by atoms with Gasteiger partial charge in [0.2, 0.25) is 0 Å². The van der Waals surface area contributed by atoms with Crippen molar-refractivity contribution in [2.75, 3.05) is 13.2 Å². The van der Waals surface area contributed by atoms with Crippen molar-refractivity contribution in [3.8, 4) is 0 Å². The van der Waals surface area contributed by atoms with Gasteiger partial charge in [0.25, 0.3) is 0 Å². The summed E-state index contributed by atoms with van der Waals surface area (Å²) in [5.74, 6) is 0.235. The lowest BCUT2D eigenvalue weighted by atomic mass is 10.0. The number of fused-ring (bicyclic) bond motifs is 1. The highest BCUT2D eigenvalue weighted by molar-refractivity contribution is 5.86. The predicted octanol–water partition coefficient (Wildman–Crippen LogP) is 3.38. The fourth-order valence-electron chi connectivity index (χ4n) is 2.00. The summed E-state index contributed by atoms with van der Waals surface area (Å²) in [5.41, 5.74) is 1.08. The van der Waals surface area contributed by atoms with E-state index in [1.54, 1.807) is 0 Å². The lowest BCUT2D eigenvalue weighted by Gasteiger charge is -2.04. The zero-order valence-electron chi connectivity index (χ0n) is 10.7. The first-order valence-electron chi connectivity index (χ1n) is 6.36. The van der Waals surface area contributed by atoms with Crippen LogP contribution in [0.1, 0.15) is 18.9 Å². The topological polar surface area (TPSA) is 26.3 Å². The number of carbonyl (C=O) groups is 1. The lowest BCUT2D eigenvalue weighted by molar-refractivity contribution is -0.119. The Kier molecular flexibility index (Phi) is 4.48. The Morgan fingerprint density at radius 2 is 1.89 bits per heavy atom. The van der Waals surface area contributed by atoms with Gasteiger partial charge in [0.05, 0.1) is 6.61 Å². The van der Waals surface area contributed by atoms with Gasteiger partial charge >= 0.3 is 0 Å². The largest absolute Gasteiger partial charge is 0.381 e. The van der Waals surface area contributed by atoms with Gasteiger partial charge in [-0.15, -0.1) is 0 Å². The molecule has 2 aromatic rings. The highest BCUT2D eigenvalue weighted by atomic mass is 16.5. The highest BCUT2D eigenvalue weighted by Gasteiger charge is 2.04. The van der Waals surface area contributed by atoms with Gasteiger partial charge in [0.1, 0.15) is 5.78 Å². The van der Waals surface area contributed by atoms with Crippen LogP contribution in [0.2, 0.25) is 0 Å². The van der Waals surface area contributed by atoms with E-state index in [0.29, 0.717) is 26.1 Å². The third-order valence-electron chi connectivity index (χ3n) is 2.94. The van der Waals surface area contributed by atoms with E-state index < -0.39 is 0 Å².